The Morgan fingerprint density at radius 2 is 1.68 bits per heavy atom. The van der Waals surface area contributed by atoms with Gasteiger partial charge < -0.3 is 31.1 Å². The van der Waals surface area contributed by atoms with Crippen molar-refractivity contribution in [2.24, 2.45) is 5.73 Å². The van der Waals surface area contributed by atoms with Crippen LogP contribution in [0.2, 0.25) is 0 Å². The summed E-state index contributed by atoms with van der Waals surface area (Å²) in [5, 5.41) is 16.1. The van der Waals surface area contributed by atoms with Crippen molar-refractivity contribution in [3.63, 3.8) is 0 Å². The molecule has 0 heterocycles. The van der Waals surface area contributed by atoms with E-state index in [9.17, 15) is 24.3 Å². The molecular formula is C28H38N4O6. The van der Waals surface area contributed by atoms with Gasteiger partial charge in [-0.3, -0.25) is 14.4 Å². The molecule has 0 aliphatic carbocycles. The van der Waals surface area contributed by atoms with Crippen molar-refractivity contribution >= 4 is 29.5 Å². The highest BCUT2D eigenvalue weighted by molar-refractivity contribution is 5.99. The number of hydrogen-bond acceptors (Lipinski definition) is 6. The number of anilines is 1. The van der Waals surface area contributed by atoms with Gasteiger partial charge in [0.15, 0.2) is 0 Å². The fourth-order valence-corrected chi connectivity index (χ4v) is 3.89. The van der Waals surface area contributed by atoms with Gasteiger partial charge >= 0.3 is 6.09 Å². The van der Waals surface area contributed by atoms with Crippen LogP contribution in [0.25, 0.3) is 0 Å². The quantitative estimate of drug-likeness (QED) is 0.350. The van der Waals surface area contributed by atoms with E-state index in [2.05, 4.69) is 10.6 Å². The van der Waals surface area contributed by atoms with Crippen molar-refractivity contribution in [1.29, 1.82) is 0 Å². The normalized spacial score (nSPS) is 12.7. The average Bonchev–Trinajstić information content (AvgIpc) is 2.82. The number of nitrogens with zero attached hydrogens (tertiary/aromatic N) is 1. The van der Waals surface area contributed by atoms with Crippen molar-refractivity contribution in [1.82, 2.24) is 10.2 Å². The SMILES string of the molecule is CCCN(C(=O)C(CCC(N)=O)NC(=O)OC(C)(C)C)C(C(=O)Nc1ccccc1C)c1ccccc1O. The van der Waals surface area contributed by atoms with Gasteiger partial charge in [0.2, 0.25) is 11.8 Å². The van der Waals surface area contributed by atoms with Gasteiger partial charge in [-0.25, -0.2) is 4.79 Å². The second-order valence-electron chi connectivity index (χ2n) is 10.0. The predicted octanol–water partition coefficient (Wildman–Crippen LogP) is 3.78. The third kappa shape index (κ3) is 8.79. The number of ether oxygens (including phenoxy) is 1. The molecule has 2 aromatic carbocycles. The van der Waals surface area contributed by atoms with Gasteiger partial charge in [-0.05, 0) is 58.2 Å². The molecule has 0 aliphatic heterocycles. The Bertz CT molecular complexity index is 1140. The van der Waals surface area contributed by atoms with E-state index in [0.717, 1.165) is 5.56 Å². The lowest BCUT2D eigenvalue weighted by Crippen LogP contribution is -2.52. The summed E-state index contributed by atoms with van der Waals surface area (Å²) in [6.45, 7) is 8.84. The average molecular weight is 527 g/mol. The van der Waals surface area contributed by atoms with Gasteiger partial charge in [0.05, 0.1) is 0 Å². The first-order valence-corrected chi connectivity index (χ1v) is 12.6. The predicted molar refractivity (Wildman–Crippen MR) is 144 cm³/mol. The molecular weight excluding hydrogens is 488 g/mol. The van der Waals surface area contributed by atoms with Gasteiger partial charge in [0.1, 0.15) is 23.4 Å². The number of phenols is 1. The fraction of sp³-hybridized carbons (Fsp3) is 0.429. The van der Waals surface area contributed by atoms with Crippen LogP contribution in [0.15, 0.2) is 48.5 Å². The maximum absolute atomic E-state index is 13.9. The van der Waals surface area contributed by atoms with E-state index in [-0.39, 0.29) is 30.7 Å². The first-order chi connectivity index (χ1) is 17.8. The van der Waals surface area contributed by atoms with Crippen LogP contribution in [0.5, 0.6) is 5.75 Å². The van der Waals surface area contributed by atoms with Crippen molar-refractivity contribution in [3.8, 4) is 5.75 Å². The van der Waals surface area contributed by atoms with Gasteiger partial charge in [0, 0.05) is 24.2 Å². The molecule has 38 heavy (non-hydrogen) atoms. The summed E-state index contributed by atoms with van der Waals surface area (Å²) in [5.74, 6) is -1.98. The number of alkyl carbamates (subject to hydrolysis) is 1. The molecule has 0 saturated carbocycles. The molecule has 5 N–H and O–H groups in total. The maximum Gasteiger partial charge on any atom is 0.408 e. The lowest BCUT2D eigenvalue weighted by atomic mass is 10.00. The van der Waals surface area contributed by atoms with Crippen LogP contribution in [-0.4, -0.2) is 52.0 Å². The van der Waals surface area contributed by atoms with Crippen LogP contribution in [-0.2, 0) is 19.1 Å². The molecule has 10 heteroatoms. The fourth-order valence-electron chi connectivity index (χ4n) is 3.89. The van der Waals surface area contributed by atoms with Crippen LogP contribution in [0.3, 0.4) is 0 Å². The van der Waals surface area contributed by atoms with Gasteiger partial charge in [-0.2, -0.15) is 0 Å². The van der Waals surface area contributed by atoms with Gasteiger partial charge in [0.25, 0.3) is 5.91 Å². The largest absolute Gasteiger partial charge is 0.508 e. The third-order valence-electron chi connectivity index (χ3n) is 5.61. The second kappa shape index (κ2) is 13.5. The number of amides is 4. The molecule has 0 saturated heterocycles. The summed E-state index contributed by atoms with van der Waals surface area (Å²) < 4.78 is 5.31. The summed E-state index contributed by atoms with van der Waals surface area (Å²) in [4.78, 5) is 53.1. The number of primary amides is 1. The number of aromatic hydroxyl groups is 1. The molecule has 0 aliphatic rings. The number of phenolic OH excluding ortho intramolecular Hbond substituents is 1. The summed E-state index contributed by atoms with van der Waals surface area (Å²) in [6.07, 6.45) is -0.647. The van der Waals surface area contributed by atoms with Crippen LogP contribution in [0.4, 0.5) is 10.5 Å². The molecule has 4 amide bonds. The smallest absolute Gasteiger partial charge is 0.408 e. The summed E-state index contributed by atoms with van der Waals surface area (Å²) in [5.41, 5.74) is 6.08. The van der Waals surface area contributed by atoms with Crippen molar-refractivity contribution in [2.45, 2.75) is 71.6 Å². The van der Waals surface area contributed by atoms with E-state index in [1.807, 2.05) is 26.0 Å². The number of carbonyl (C=O) groups excluding carboxylic acids is 4. The molecule has 2 unspecified atom stereocenters. The van der Waals surface area contributed by atoms with Crippen molar-refractivity contribution in [3.05, 3.63) is 59.7 Å². The number of nitrogens with two attached hydrogens (primary N) is 1. The minimum atomic E-state index is -1.24. The van der Waals surface area contributed by atoms with Crippen molar-refractivity contribution < 1.29 is 29.0 Å². The van der Waals surface area contributed by atoms with E-state index in [0.29, 0.717) is 12.1 Å². The minimum absolute atomic E-state index is 0.0967. The van der Waals surface area contributed by atoms with Crippen molar-refractivity contribution in [2.75, 3.05) is 11.9 Å². The summed E-state index contributed by atoms with van der Waals surface area (Å²) in [6, 6.07) is 11.0. The number of para-hydroxylation sites is 2. The van der Waals surface area contributed by atoms with E-state index in [1.165, 1.54) is 11.0 Å². The van der Waals surface area contributed by atoms with E-state index >= 15 is 0 Å². The molecule has 0 spiro atoms. The molecule has 2 aromatic rings. The number of hydrogen-bond donors (Lipinski definition) is 4. The van der Waals surface area contributed by atoms with Crippen LogP contribution in [0, 0.1) is 6.92 Å². The number of benzene rings is 2. The lowest BCUT2D eigenvalue weighted by Gasteiger charge is -2.34. The highest BCUT2D eigenvalue weighted by Gasteiger charge is 2.37. The number of nitrogens with one attached hydrogen (secondary N) is 2. The highest BCUT2D eigenvalue weighted by atomic mass is 16.6. The van der Waals surface area contributed by atoms with E-state index < -0.39 is 41.5 Å². The first kappa shape index (κ1) is 30.1. The Hall–Kier alpha value is -4.08. The second-order valence-corrected chi connectivity index (χ2v) is 10.0. The Morgan fingerprint density at radius 3 is 2.26 bits per heavy atom. The monoisotopic (exact) mass is 526 g/mol. The zero-order valence-corrected chi connectivity index (χ0v) is 22.6. The minimum Gasteiger partial charge on any atom is -0.508 e. The highest BCUT2D eigenvalue weighted by Crippen LogP contribution is 2.31. The molecule has 2 atom stereocenters. The zero-order chi connectivity index (χ0) is 28.5. The lowest BCUT2D eigenvalue weighted by molar-refractivity contribution is -0.141. The number of rotatable bonds is 11. The van der Waals surface area contributed by atoms with Crippen LogP contribution < -0.4 is 16.4 Å². The number of carbonyl (C=O) groups is 4. The Kier molecular flexibility index (Phi) is 10.7. The molecule has 0 fully saturated rings. The van der Waals surface area contributed by atoms with E-state index in [1.54, 1.807) is 51.1 Å². The Morgan fingerprint density at radius 1 is 1.05 bits per heavy atom. The summed E-state index contributed by atoms with van der Waals surface area (Å²) >= 11 is 0. The number of aryl methyl sites for hydroxylation is 1. The molecule has 0 aromatic heterocycles. The van der Waals surface area contributed by atoms with Crippen LogP contribution >= 0.6 is 0 Å². The maximum atomic E-state index is 13.9. The molecule has 0 radical (unpaired) electrons. The van der Waals surface area contributed by atoms with Crippen LogP contribution in [0.1, 0.15) is 64.1 Å². The Balaban J connectivity index is 2.52. The van der Waals surface area contributed by atoms with Gasteiger partial charge in [-0.1, -0.05) is 43.3 Å². The topological polar surface area (TPSA) is 151 Å². The molecule has 2 rings (SSSR count). The zero-order valence-electron chi connectivity index (χ0n) is 22.6. The summed E-state index contributed by atoms with van der Waals surface area (Å²) in [7, 11) is 0. The molecule has 206 valence electrons. The molecule has 10 nitrogen and oxygen atoms in total. The Labute approximate surface area is 223 Å². The standard InChI is InChI=1S/C28H38N4O6/c1-6-17-32(26(36)21(15-16-23(29)34)31-27(37)38-28(3,4)5)24(19-12-8-10-14-22(19)33)25(35)30-20-13-9-7-11-18(20)2/h7-14,21,24,33H,6,15-17H2,1-5H3,(H2,29,34)(H,30,35)(H,31,37). The van der Waals surface area contributed by atoms with E-state index in [4.69, 9.17) is 10.5 Å². The first-order valence-electron chi connectivity index (χ1n) is 12.6. The molecule has 0 bridgehead atoms. The van der Waals surface area contributed by atoms with Gasteiger partial charge in [-0.15, -0.1) is 0 Å². The third-order valence-corrected chi connectivity index (χ3v) is 5.61.